The van der Waals surface area contributed by atoms with E-state index in [1.807, 2.05) is 0 Å². The summed E-state index contributed by atoms with van der Waals surface area (Å²) in [4.78, 5) is 0. The molecule has 0 amide bonds. The van der Waals surface area contributed by atoms with Crippen molar-refractivity contribution in [3.63, 3.8) is 0 Å². The number of hydrogen-bond donors (Lipinski definition) is 6. The number of aliphatic hydroxyl groups excluding tert-OH is 3. The lowest BCUT2D eigenvalue weighted by molar-refractivity contribution is 0.0432. The standard InChI is InChI=1S/C7H17NO3S2/c9-3-7(4-10,5-11)8-1-6(13)2-12/h6,8-13H,1-5H2/t6-/m0/s1. The van der Waals surface area contributed by atoms with Crippen LogP contribution in [0.1, 0.15) is 0 Å². The van der Waals surface area contributed by atoms with Gasteiger partial charge in [0.05, 0.1) is 25.4 Å². The smallest absolute Gasteiger partial charge is 0.0882 e. The Hall–Kier alpha value is 0.540. The zero-order valence-electron chi connectivity index (χ0n) is 7.35. The Morgan fingerprint density at radius 1 is 1.15 bits per heavy atom. The number of rotatable bonds is 7. The molecule has 0 fully saturated rings. The molecule has 0 aromatic heterocycles. The molecule has 4 nitrogen and oxygen atoms in total. The van der Waals surface area contributed by atoms with Gasteiger partial charge >= 0.3 is 0 Å². The van der Waals surface area contributed by atoms with E-state index in [4.69, 9.17) is 15.3 Å². The van der Waals surface area contributed by atoms with Crippen LogP contribution in [0, 0.1) is 0 Å². The minimum atomic E-state index is -1.01. The third-order valence-corrected chi connectivity index (χ3v) is 2.93. The lowest BCUT2D eigenvalue weighted by Crippen LogP contribution is -2.56. The molecule has 0 aliphatic rings. The van der Waals surface area contributed by atoms with Crippen LogP contribution < -0.4 is 5.32 Å². The number of hydrogen-bond acceptors (Lipinski definition) is 6. The molecule has 1 atom stereocenters. The largest absolute Gasteiger partial charge is 0.394 e. The topological polar surface area (TPSA) is 72.7 Å². The summed E-state index contributed by atoms with van der Waals surface area (Å²) in [6, 6.07) is 0. The molecule has 0 saturated carbocycles. The predicted octanol–water partition coefficient (Wildman–Crippen LogP) is -1.48. The highest BCUT2D eigenvalue weighted by Crippen LogP contribution is 2.03. The molecule has 0 aromatic rings. The maximum Gasteiger partial charge on any atom is 0.0882 e. The molecule has 13 heavy (non-hydrogen) atoms. The van der Waals surface area contributed by atoms with Crippen LogP contribution >= 0.6 is 25.3 Å². The molecule has 0 aliphatic carbocycles. The Balaban J connectivity index is 3.95. The van der Waals surface area contributed by atoms with Gasteiger partial charge in [-0.15, -0.1) is 0 Å². The summed E-state index contributed by atoms with van der Waals surface area (Å²) >= 11 is 8.20. The summed E-state index contributed by atoms with van der Waals surface area (Å²) < 4.78 is 0. The van der Waals surface area contributed by atoms with Crippen molar-refractivity contribution >= 4 is 25.3 Å². The minimum absolute atomic E-state index is 0.0346. The van der Waals surface area contributed by atoms with Crippen molar-refractivity contribution in [1.82, 2.24) is 5.32 Å². The summed E-state index contributed by atoms with van der Waals surface area (Å²) in [5.41, 5.74) is -1.01. The fourth-order valence-corrected chi connectivity index (χ4v) is 0.937. The second-order valence-corrected chi connectivity index (χ2v) is 4.07. The maximum atomic E-state index is 8.94. The average Bonchev–Trinajstić information content (AvgIpc) is 2.20. The first-order valence-corrected chi connectivity index (χ1v) is 5.15. The third-order valence-electron chi connectivity index (χ3n) is 1.83. The van der Waals surface area contributed by atoms with E-state index >= 15 is 0 Å². The van der Waals surface area contributed by atoms with Gasteiger partial charge in [0.15, 0.2) is 0 Å². The van der Waals surface area contributed by atoms with Gasteiger partial charge in [0.25, 0.3) is 0 Å². The summed E-state index contributed by atoms with van der Waals surface area (Å²) in [7, 11) is 0. The molecule has 0 spiro atoms. The highest BCUT2D eigenvalue weighted by atomic mass is 32.1. The van der Waals surface area contributed by atoms with Crippen LogP contribution in [0.25, 0.3) is 0 Å². The fraction of sp³-hybridized carbons (Fsp3) is 1.00. The Kier molecular flexibility index (Phi) is 7.20. The van der Waals surface area contributed by atoms with E-state index in [-0.39, 0.29) is 25.1 Å². The van der Waals surface area contributed by atoms with Crippen molar-refractivity contribution in [3.8, 4) is 0 Å². The van der Waals surface area contributed by atoms with Gasteiger partial charge in [-0.1, -0.05) is 0 Å². The molecule has 0 heterocycles. The lowest BCUT2D eigenvalue weighted by atomic mass is 10.0. The van der Waals surface area contributed by atoms with Crippen LogP contribution in [0.3, 0.4) is 0 Å². The van der Waals surface area contributed by atoms with Gasteiger partial charge in [-0.3, -0.25) is 0 Å². The first-order chi connectivity index (χ1) is 6.14. The second kappa shape index (κ2) is 6.92. The SMILES string of the molecule is OCC(CO)(CO)NC[C@H](S)CS. The van der Waals surface area contributed by atoms with Crippen molar-refractivity contribution in [2.75, 3.05) is 32.1 Å². The van der Waals surface area contributed by atoms with Crippen LogP contribution in [0.2, 0.25) is 0 Å². The fourth-order valence-electron chi connectivity index (χ4n) is 0.717. The van der Waals surface area contributed by atoms with E-state index in [0.717, 1.165) is 0 Å². The number of thiol groups is 2. The Bertz CT molecular complexity index is 125. The zero-order valence-corrected chi connectivity index (χ0v) is 9.14. The molecular formula is C7H17NO3S2. The first kappa shape index (κ1) is 13.5. The predicted molar refractivity (Wildman–Crippen MR) is 58.6 cm³/mol. The second-order valence-electron chi connectivity index (χ2n) is 2.97. The number of aliphatic hydroxyl groups is 3. The van der Waals surface area contributed by atoms with E-state index in [0.29, 0.717) is 12.3 Å². The van der Waals surface area contributed by atoms with Crippen LogP contribution in [-0.2, 0) is 0 Å². The molecule has 0 radical (unpaired) electrons. The molecule has 0 aliphatic heterocycles. The van der Waals surface area contributed by atoms with E-state index in [1.54, 1.807) is 0 Å². The van der Waals surface area contributed by atoms with Crippen molar-refractivity contribution in [2.45, 2.75) is 10.8 Å². The van der Waals surface area contributed by atoms with E-state index in [2.05, 4.69) is 30.6 Å². The average molecular weight is 227 g/mol. The molecule has 0 bridgehead atoms. The van der Waals surface area contributed by atoms with Gasteiger partial charge in [0.1, 0.15) is 0 Å². The zero-order chi connectivity index (χ0) is 10.3. The Morgan fingerprint density at radius 3 is 1.92 bits per heavy atom. The van der Waals surface area contributed by atoms with Crippen LogP contribution in [-0.4, -0.2) is 58.2 Å². The molecule has 0 rings (SSSR count). The van der Waals surface area contributed by atoms with E-state index < -0.39 is 5.54 Å². The number of nitrogens with one attached hydrogen (secondary N) is 1. The molecule has 80 valence electrons. The van der Waals surface area contributed by atoms with Gasteiger partial charge in [-0.2, -0.15) is 25.3 Å². The summed E-state index contributed by atoms with van der Waals surface area (Å²) in [5, 5.41) is 29.7. The molecule has 0 saturated heterocycles. The summed E-state index contributed by atoms with van der Waals surface area (Å²) in [6.45, 7) is -0.457. The molecule has 0 aromatic carbocycles. The quantitative estimate of drug-likeness (QED) is 0.300. The summed E-state index contributed by atoms with van der Waals surface area (Å²) in [6.07, 6.45) is 0. The summed E-state index contributed by atoms with van der Waals surface area (Å²) in [5.74, 6) is 0.592. The van der Waals surface area contributed by atoms with Gasteiger partial charge < -0.3 is 20.6 Å². The van der Waals surface area contributed by atoms with E-state index in [9.17, 15) is 0 Å². The van der Waals surface area contributed by atoms with E-state index in [1.165, 1.54) is 0 Å². The van der Waals surface area contributed by atoms with Gasteiger partial charge in [0.2, 0.25) is 0 Å². The van der Waals surface area contributed by atoms with Gasteiger partial charge in [0, 0.05) is 17.5 Å². The highest BCUT2D eigenvalue weighted by molar-refractivity contribution is 7.84. The Labute approximate surface area is 89.2 Å². The lowest BCUT2D eigenvalue weighted by Gasteiger charge is -2.29. The Morgan fingerprint density at radius 2 is 1.62 bits per heavy atom. The normalized spacial score (nSPS) is 14.5. The molecule has 0 unspecified atom stereocenters. The van der Waals surface area contributed by atoms with Crippen molar-refractivity contribution in [1.29, 1.82) is 0 Å². The van der Waals surface area contributed by atoms with Gasteiger partial charge in [-0.05, 0) is 0 Å². The van der Waals surface area contributed by atoms with Crippen molar-refractivity contribution in [2.24, 2.45) is 0 Å². The van der Waals surface area contributed by atoms with Crippen molar-refractivity contribution < 1.29 is 15.3 Å². The first-order valence-electron chi connectivity index (χ1n) is 4.00. The van der Waals surface area contributed by atoms with Crippen LogP contribution in [0.5, 0.6) is 0 Å². The monoisotopic (exact) mass is 227 g/mol. The highest BCUT2D eigenvalue weighted by Gasteiger charge is 2.27. The molecule has 6 heteroatoms. The maximum absolute atomic E-state index is 8.94. The van der Waals surface area contributed by atoms with Crippen LogP contribution in [0.4, 0.5) is 0 Å². The minimum Gasteiger partial charge on any atom is -0.394 e. The molecule has 4 N–H and O–H groups in total. The van der Waals surface area contributed by atoms with Crippen molar-refractivity contribution in [3.05, 3.63) is 0 Å². The molecular weight excluding hydrogens is 210 g/mol. The van der Waals surface area contributed by atoms with Gasteiger partial charge in [-0.25, -0.2) is 0 Å². The third kappa shape index (κ3) is 4.53. The van der Waals surface area contributed by atoms with Crippen LogP contribution in [0.15, 0.2) is 0 Å².